The molecule has 1 fully saturated rings. The normalized spacial score (nSPS) is 21.6. The number of carbonyl (C=O) groups is 1. The number of likely N-dealkylation sites (tertiary alicyclic amines) is 1. The van der Waals surface area contributed by atoms with Crippen LogP contribution in [-0.2, 0) is 4.79 Å². The van der Waals surface area contributed by atoms with Crippen LogP contribution in [0.5, 0.6) is 0 Å². The topological polar surface area (TPSA) is 49.0 Å². The van der Waals surface area contributed by atoms with Crippen LogP contribution in [0.3, 0.4) is 0 Å². The lowest BCUT2D eigenvalue weighted by molar-refractivity contribution is -0.134. The number of aromatic amines is 1. The van der Waals surface area contributed by atoms with Gasteiger partial charge in [-0.2, -0.15) is 5.10 Å². The first kappa shape index (κ1) is 13.1. The van der Waals surface area contributed by atoms with Gasteiger partial charge in [0.2, 0.25) is 5.91 Å². The molecule has 1 amide bonds. The summed E-state index contributed by atoms with van der Waals surface area (Å²) in [7, 11) is 0. The molecule has 2 unspecified atom stereocenters. The molecule has 18 heavy (non-hydrogen) atoms. The molecule has 2 heterocycles. The number of aryl methyl sites for hydroxylation is 1. The first-order valence-corrected chi connectivity index (χ1v) is 6.83. The maximum atomic E-state index is 12.7. The van der Waals surface area contributed by atoms with Crippen molar-refractivity contribution in [3.63, 3.8) is 0 Å². The summed E-state index contributed by atoms with van der Waals surface area (Å²) in [5, 5.41) is 7.22. The monoisotopic (exact) mass is 249 g/mol. The van der Waals surface area contributed by atoms with Gasteiger partial charge in [-0.1, -0.05) is 13.8 Å². The third kappa shape index (κ3) is 2.42. The van der Waals surface area contributed by atoms with Crippen molar-refractivity contribution in [3.05, 3.63) is 17.5 Å². The number of aromatic nitrogens is 2. The zero-order chi connectivity index (χ0) is 13.3. The van der Waals surface area contributed by atoms with Crippen molar-refractivity contribution in [2.24, 2.45) is 5.92 Å². The molecule has 2 rings (SSSR count). The maximum absolute atomic E-state index is 12.7. The number of amides is 1. The Balaban J connectivity index is 2.22. The zero-order valence-electron chi connectivity index (χ0n) is 11.7. The molecular formula is C14H23N3O. The van der Waals surface area contributed by atoms with Crippen LogP contribution in [0.2, 0.25) is 0 Å². The minimum atomic E-state index is -0.115. The summed E-state index contributed by atoms with van der Waals surface area (Å²) in [5.74, 6) is 0.394. The van der Waals surface area contributed by atoms with Gasteiger partial charge in [-0.3, -0.25) is 9.89 Å². The third-order valence-electron chi connectivity index (χ3n) is 3.81. The number of hydrogen-bond acceptors (Lipinski definition) is 2. The number of nitrogens with one attached hydrogen (secondary N) is 1. The van der Waals surface area contributed by atoms with Crippen molar-refractivity contribution < 1.29 is 4.79 Å². The van der Waals surface area contributed by atoms with E-state index >= 15 is 0 Å². The molecule has 1 aliphatic rings. The van der Waals surface area contributed by atoms with Crippen LogP contribution < -0.4 is 0 Å². The second-order valence-electron chi connectivity index (χ2n) is 5.72. The van der Waals surface area contributed by atoms with Crippen molar-refractivity contribution >= 4 is 5.91 Å². The molecule has 4 heteroatoms. The Bertz CT molecular complexity index is 424. The van der Waals surface area contributed by atoms with Gasteiger partial charge in [0.05, 0.1) is 11.6 Å². The summed E-state index contributed by atoms with van der Waals surface area (Å²) in [6.45, 7) is 9.18. The summed E-state index contributed by atoms with van der Waals surface area (Å²) >= 11 is 0. The molecule has 4 nitrogen and oxygen atoms in total. The Labute approximate surface area is 109 Å². The van der Waals surface area contributed by atoms with Crippen molar-refractivity contribution in [2.45, 2.75) is 52.5 Å². The molecule has 1 aromatic heterocycles. The van der Waals surface area contributed by atoms with E-state index in [4.69, 9.17) is 0 Å². The Morgan fingerprint density at radius 1 is 1.56 bits per heavy atom. The summed E-state index contributed by atoms with van der Waals surface area (Å²) < 4.78 is 0. The largest absolute Gasteiger partial charge is 0.339 e. The maximum Gasteiger partial charge on any atom is 0.232 e. The third-order valence-corrected chi connectivity index (χ3v) is 3.81. The predicted molar refractivity (Wildman–Crippen MR) is 71.3 cm³/mol. The highest BCUT2D eigenvalue weighted by atomic mass is 16.2. The second kappa shape index (κ2) is 5.12. The van der Waals surface area contributed by atoms with E-state index in [2.05, 4.69) is 31.0 Å². The molecule has 1 N–H and O–H groups in total. The van der Waals surface area contributed by atoms with Gasteiger partial charge in [0.15, 0.2) is 0 Å². The van der Waals surface area contributed by atoms with E-state index in [1.807, 2.05) is 17.9 Å². The molecule has 0 aromatic carbocycles. The predicted octanol–water partition coefficient (Wildman–Crippen LogP) is 2.47. The first-order valence-electron chi connectivity index (χ1n) is 6.83. The fourth-order valence-electron chi connectivity index (χ4n) is 2.79. The van der Waals surface area contributed by atoms with Gasteiger partial charge >= 0.3 is 0 Å². The standard InChI is InChI=1S/C14H23N3O/c1-9(2)13(12-8-10(3)15-16-12)14(18)17-7-5-6-11(17)4/h8-9,11,13H,5-7H2,1-4H3,(H,15,16). The highest BCUT2D eigenvalue weighted by molar-refractivity contribution is 5.84. The Morgan fingerprint density at radius 3 is 2.72 bits per heavy atom. The molecule has 0 bridgehead atoms. The van der Waals surface area contributed by atoms with E-state index in [0.717, 1.165) is 30.8 Å². The van der Waals surface area contributed by atoms with Crippen LogP contribution in [0.4, 0.5) is 0 Å². The summed E-state index contributed by atoms with van der Waals surface area (Å²) in [6, 6.07) is 2.36. The lowest BCUT2D eigenvalue weighted by atomic mass is 9.90. The van der Waals surface area contributed by atoms with E-state index < -0.39 is 0 Å². The Hall–Kier alpha value is -1.32. The van der Waals surface area contributed by atoms with E-state index in [0.29, 0.717) is 6.04 Å². The quantitative estimate of drug-likeness (QED) is 0.894. The zero-order valence-corrected chi connectivity index (χ0v) is 11.7. The fourth-order valence-corrected chi connectivity index (χ4v) is 2.79. The van der Waals surface area contributed by atoms with Gasteiger partial charge in [0, 0.05) is 18.3 Å². The molecule has 2 atom stereocenters. The number of H-pyrrole nitrogens is 1. The van der Waals surface area contributed by atoms with Crippen LogP contribution in [0.25, 0.3) is 0 Å². The summed E-state index contributed by atoms with van der Waals surface area (Å²) in [5.41, 5.74) is 1.89. The van der Waals surface area contributed by atoms with Crippen molar-refractivity contribution in [1.29, 1.82) is 0 Å². The average Bonchev–Trinajstić information content (AvgIpc) is 2.87. The average molecular weight is 249 g/mol. The van der Waals surface area contributed by atoms with Gasteiger partial charge in [-0.25, -0.2) is 0 Å². The highest BCUT2D eigenvalue weighted by Crippen LogP contribution is 2.29. The fraction of sp³-hybridized carbons (Fsp3) is 0.714. The molecular weight excluding hydrogens is 226 g/mol. The second-order valence-corrected chi connectivity index (χ2v) is 5.72. The van der Waals surface area contributed by atoms with Gasteiger partial charge in [-0.05, 0) is 38.7 Å². The van der Waals surface area contributed by atoms with Crippen LogP contribution >= 0.6 is 0 Å². The molecule has 0 radical (unpaired) electrons. The summed E-state index contributed by atoms with van der Waals surface area (Å²) in [4.78, 5) is 14.7. The van der Waals surface area contributed by atoms with E-state index in [1.165, 1.54) is 0 Å². The summed E-state index contributed by atoms with van der Waals surface area (Å²) in [6.07, 6.45) is 2.24. The minimum absolute atomic E-state index is 0.115. The molecule has 0 aliphatic carbocycles. The number of hydrogen-bond donors (Lipinski definition) is 1. The lowest BCUT2D eigenvalue weighted by Crippen LogP contribution is -2.39. The van der Waals surface area contributed by atoms with Gasteiger partial charge in [0.25, 0.3) is 0 Å². The van der Waals surface area contributed by atoms with Crippen LogP contribution in [0.15, 0.2) is 6.07 Å². The van der Waals surface area contributed by atoms with Gasteiger partial charge in [-0.15, -0.1) is 0 Å². The molecule has 100 valence electrons. The first-order chi connectivity index (χ1) is 8.50. The minimum Gasteiger partial charge on any atom is -0.339 e. The number of nitrogens with zero attached hydrogens (tertiary/aromatic N) is 2. The van der Waals surface area contributed by atoms with Crippen molar-refractivity contribution in [1.82, 2.24) is 15.1 Å². The van der Waals surface area contributed by atoms with Gasteiger partial charge < -0.3 is 4.90 Å². The van der Waals surface area contributed by atoms with Crippen LogP contribution in [-0.4, -0.2) is 33.6 Å². The Morgan fingerprint density at radius 2 is 2.28 bits per heavy atom. The molecule has 1 aliphatic heterocycles. The molecule has 1 aromatic rings. The number of rotatable bonds is 3. The van der Waals surface area contributed by atoms with Crippen molar-refractivity contribution in [3.8, 4) is 0 Å². The van der Waals surface area contributed by atoms with Crippen LogP contribution in [0.1, 0.15) is 50.9 Å². The molecule has 0 spiro atoms. The SMILES string of the molecule is Cc1cc(C(C(=O)N2CCCC2C)C(C)C)n[nH]1. The molecule has 1 saturated heterocycles. The van der Waals surface area contributed by atoms with E-state index in [1.54, 1.807) is 0 Å². The van der Waals surface area contributed by atoms with Gasteiger partial charge in [0.1, 0.15) is 0 Å². The Kier molecular flexibility index (Phi) is 3.73. The number of carbonyl (C=O) groups excluding carboxylic acids is 1. The molecule has 0 saturated carbocycles. The highest BCUT2D eigenvalue weighted by Gasteiger charge is 2.34. The van der Waals surface area contributed by atoms with E-state index in [-0.39, 0.29) is 17.7 Å². The smallest absolute Gasteiger partial charge is 0.232 e. The van der Waals surface area contributed by atoms with E-state index in [9.17, 15) is 4.79 Å². The van der Waals surface area contributed by atoms with Crippen molar-refractivity contribution in [2.75, 3.05) is 6.54 Å². The van der Waals surface area contributed by atoms with Crippen LogP contribution in [0, 0.1) is 12.8 Å². The lowest BCUT2D eigenvalue weighted by Gasteiger charge is -2.28.